The number of thiocarbonyl (C=S) groups is 1. The topological polar surface area (TPSA) is 35.2 Å². The molecule has 132 valence electrons. The van der Waals surface area contributed by atoms with Crippen LogP contribution in [-0.4, -0.2) is 17.7 Å². The molecule has 0 aromatic heterocycles. The molecule has 0 fully saturated rings. The highest BCUT2D eigenvalue weighted by molar-refractivity contribution is 7.80. The highest BCUT2D eigenvalue weighted by Crippen LogP contribution is 2.13. The van der Waals surface area contributed by atoms with E-state index in [2.05, 4.69) is 6.92 Å². The van der Waals surface area contributed by atoms with Crippen LogP contribution in [0.15, 0.2) is 0 Å². The van der Waals surface area contributed by atoms with Gasteiger partial charge in [-0.2, -0.15) is 0 Å². The number of unbranched alkanes of at least 4 members (excludes halogenated alkanes) is 12. The fraction of sp³-hybridized carbons (Fsp3) is 0.947. The van der Waals surface area contributed by atoms with E-state index in [0.29, 0.717) is 6.54 Å². The van der Waals surface area contributed by atoms with Crippen molar-refractivity contribution in [1.82, 2.24) is 0 Å². The van der Waals surface area contributed by atoms with Gasteiger partial charge in [0.05, 0.1) is 0 Å². The largest absolute Gasteiger partial charge is 0.483 e. The highest BCUT2D eigenvalue weighted by atomic mass is 32.1. The van der Waals surface area contributed by atoms with Crippen molar-refractivity contribution in [3.8, 4) is 0 Å². The van der Waals surface area contributed by atoms with Crippen molar-refractivity contribution in [2.24, 2.45) is 5.73 Å². The van der Waals surface area contributed by atoms with E-state index in [1.54, 1.807) is 0 Å². The average molecular weight is 330 g/mol. The Morgan fingerprint density at radius 3 is 1.64 bits per heavy atom. The van der Waals surface area contributed by atoms with Crippen LogP contribution in [0.4, 0.5) is 0 Å². The maximum atomic E-state index is 5.51. The van der Waals surface area contributed by atoms with Crippen molar-refractivity contribution >= 4 is 17.3 Å². The molecule has 1 atom stereocenters. The summed E-state index contributed by atoms with van der Waals surface area (Å²) in [6.45, 7) is 4.79. The molecular formula is C19H39NOS. The van der Waals surface area contributed by atoms with E-state index < -0.39 is 0 Å². The first-order chi connectivity index (χ1) is 10.7. The maximum absolute atomic E-state index is 5.51. The lowest BCUT2D eigenvalue weighted by Gasteiger charge is -2.12. The summed E-state index contributed by atoms with van der Waals surface area (Å²) >= 11 is 5.21. The number of nitrogens with two attached hydrogens (primary N) is 1. The number of ether oxygens (including phenoxy) is 1. The molecule has 0 radical (unpaired) electrons. The molecule has 1 unspecified atom stereocenters. The van der Waals surface area contributed by atoms with Crippen LogP contribution >= 0.6 is 12.2 Å². The molecule has 0 aliphatic carbocycles. The number of rotatable bonds is 16. The van der Waals surface area contributed by atoms with Gasteiger partial charge in [0.25, 0.3) is 0 Å². The van der Waals surface area contributed by atoms with Crippen LogP contribution in [0.3, 0.4) is 0 Å². The van der Waals surface area contributed by atoms with E-state index in [1.165, 1.54) is 77.0 Å². The molecule has 0 rings (SSSR count). The SMILES string of the molecule is CCCCCCCCCCCCCCCC(=S)OC(C)CN. The minimum atomic E-state index is 0.0643. The lowest BCUT2D eigenvalue weighted by molar-refractivity contribution is 0.216. The highest BCUT2D eigenvalue weighted by Gasteiger charge is 2.03. The van der Waals surface area contributed by atoms with Crippen LogP contribution in [0.5, 0.6) is 0 Å². The van der Waals surface area contributed by atoms with Crippen molar-refractivity contribution in [3.05, 3.63) is 0 Å². The Morgan fingerprint density at radius 2 is 1.23 bits per heavy atom. The minimum Gasteiger partial charge on any atom is -0.483 e. The van der Waals surface area contributed by atoms with Crippen molar-refractivity contribution in [2.45, 2.75) is 110 Å². The molecule has 0 aliphatic heterocycles. The summed E-state index contributed by atoms with van der Waals surface area (Å²) in [7, 11) is 0. The molecule has 3 heteroatoms. The third-order valence-electron chi connectivity index (χ3n) is 4.15. The van der Waals surface area contributed by atoms with Gasteiger partial charge < -0.3 is 10.5 Å². The Balaban J connectivity index is 3.12. The van der Waals surface area contributed by atoms with Crippen molar-refractivity contribution in [1.29, 1.82) is 0 Å². The third kappa shape index (κ3) is 16.2. The zero-order chi connectivity index (χ0) is 16.5. The molecule has 0 amide bonds. The second kappa shape index (κ2) is 17.2. The molecule has 0 bridgehead atoms. The Labute approximate surface area is 144 Å². The second-order valence-corrected chi connectivity index (χ2v) is 6.98. The van der Waals surface area contributed by atoms with Crippen LogP contribution in [0.2, 0.25) is 0 Å². The predicted octanol–water partition coefficient (Wildman–Crippen LogP) is 6.16. The lowest BCUT2D eigenvalue weighted by atomic mass is 10.0. The number of hydrogen-bond acceptors (Lipinski definition) is 3. The Bertz CT molecular complexity index is 246. The zero-order valence-electron chi connectivity index (χ0n) is 15.1. The van der Waals surface area contributed by atoms with Gasteiger partial charge in [0.1, 0.15) is 6.10 Å². The van der Waals surface area contributed by atoms with E-state index in [-0.39, 0.29) is 6.10 Å². The van der Waals surface area contributed by atoms with E-state index in [9.17, 15) is 0 Å². The Kier molecular flexibility index (Phi) is 17.1. The van der Waals surface area contributed by atoms with Crippen LogP contribution in [-0.2, 0) is 4.74 Å². The Morgan fingerprint density at radius 1 is 0.818 bits per heavy atom. The molecule has 0 aromatic carbocycles. The summed E-state index contributed by atoms with van der Waals surface area (Å²) in [4.78, 5) is 0. The number of hydrogen-bond donors (Lipinski definition) is 1. The van der Waals surface area contributed by atoms with Crippen LogP contribution in [0.1, 0.15) is 104 Å². The minimum absolute atomic E-state index is 0.0643. The molecule has 0 heterocycles. The van der Waals surface area contributed by atoms with E-state index in [1.807, 2.05) is 6.92 Å². The first-order valence-corrected chi connectivity index (χ1v) is 10.0. The van der Waals surface area contributed by atoms with Gasteiger partial charge >= 0.3 is 0 Å². The molecular weight excluding hydrogens is 290 g/mol. The summed E-state index contributed by atoms with van der Waals surface area (Å²) in [5.41, 5.74) is 5.51. The first kappa shape index (κ1) is 21.9. The maximum Gasteiger partial charge on any atom is 0.160 e. The second-order valence-electron chi connectivity index (χ2n) is 6.53. The normalized spacial score (nSPS) is 12.3. The standard InChI is InChI=1S/C19H39NOS/c1-3-4-5-6-7-8-9-10-11-12-13-14-15-16-19(22)21-18(2)17-20/h18H,3-17,20H2,1-2H3. The quantitative estimate of drug-likeness (QED) is 0.272. The van der Waals surface area contributed by atoms with Crippen molar-refractivity contribution in [3.63, 3.8) is 0 Å². The molecule has 0 saturated heterocycles. The van der Waals surface area contributed by atoms with Crippen molar-refractivity contribution < 1.29 is 4.74 Å². The van der Waals surface area contributed by atoms with Gasteiger partial charge in [0.2, 0.25) is 0 Å². The summed E-state index contributed by atoms with van der Waals surface area (Å²) in [6.07, 6.45) is 18.9. The molecule has 2 nitrogen and oxygen atoms in total. The fourth-order valence-electron chi connectivity index (χ4n) is 2.62. The van der Waals surface area contributed by atoms with E-state index in [0.717, 1.165) is 17.9 Å². The molecule has 0 spiro atoms. The van der Waals surface area contributed by atoms with Gasteiger partial charge in [0, 0.05) is 13.0 Å². The van der Waals surface area contributed by atoms with Gasteiger partial charge in [-0.3, -0.25) is 0 Å². The van der Waals surface area contributed by atoms with Gasteiger partial charge in [0.15, 0.2) is 5.05 Å². The molecule has 0 aliphatic rings. The molecule has 22 heavy (non-hydrogen) atoms. The van der Waals surface area contributed by atoms with E-state index >= 15 is 0 Å². The van der Waals surface area contributed by atoms with Gasteiger partial charge in [-0.15, -0.1) is 0 Å². The smallest absolute Gasteiger partial charge is 0.160 e. The Hall–Kier alpha value is -0.150. The summed E-state index contributed by atoms with van der Waals surface area (Å²) in [5, 5.41) is 0.737. The van der Waals surface area contributed by atoms with E-state index in [4.69, 9.17) is 22.7 Å². The summed E-state index contributed by atoms with van der Waals surface area (Å²) in [5.74, 6) is 0. The monoisotopic (exact) mass is 329 g/mol. The molecule has 2 N–H and O–H groups in total. The van der Waals surface area contributed by atoms with Crippen molar-refractivity contribution in [2.75, 3.05) is 6.54 Å². The average Bonchev–Trinajstić information content (AvgIpc) is 2.51. The molecule has 0 aromatic rings. The summed E-state index contributed by atoms with van der Waals surface area (Å²) < 4.78 is 5.51. The summed E-state index contributed by atoms with van der Waals surface area (Å²) in [6, 6.07) is 0. The first-order valence-electron chi connectivity index (χ1n) is 9.60. The lowest BCUT2D eigenvalue weighted by Crippen LogP contribution is -2.22. The fourth-order valence-corrected chi connectivity index (χ4v) is 2.93. The zero-order valence-corrected chi connectivity index (χ0v) is 15.9. The van der Waals surface area contributed by atoms with Crippen LogP contribution in [0, 0.1) is 0 Å². The van der Waals surface area contributed by atoms with Gasteiger partial charge in [-0.25, -0.2) is 0 Å². The predicted molar refractivity (Wildman–Crippen MR) is 103 cm³/mol. The van der Waals surface area contributed by atoms with Crippen LogP contribution in [0.25, 0.3) is 0 Å². The van der Waals surface area contributed by atoms with Gasteiger partial charge in [-0.05, 0) is 25.6 Å². The van der Waals surface area contributed by atoms with Gasteiger partial charge in [-0.1, -0.05) is 84.0 Å². The molecule has 0 saturated carbocycles. The van der Waals surface area contributed by atoms with Crippen LogP contribution < -0.4 is 5.73 Å². The third-order valence-corrected chi connectivity index (χ3v) is 4.45.